The number of nitrogens with one attached hydrogen (secondary N) is 2. The SMILES string of the molecule is CC(C)(C)OC(=O)n1cc(C(O)C2NC(=S)NC2=O)c2ccccc21. The number of ether oxygens (including phenoxy) is 1. The van der Waals surface area contributed by atoms with E-state index in [0.717, 1.165) is 0 Å². The molecule has 7 nitrogen and oxygen atoms in total. The third-order valence-electron chi connectivity index (χ3n) is 3.77. The second-order valence-electron chi connectivity index (χ2n) is 6.84. The van der Waals surface area contributed by atoms with Crippen molar-refractivity contribution < 1.29 is 19.4 Å². The molecule has 0 aliphatic carbocycles. The first-order valence-corrected chi connectivity index (χ1v) is 8.21. The van der Waals surface area contributed by atoms with Crippen LogP contribution in [0.4, 0.5) is 4.79 Å². The van der Waals surface area contributed by atoms with E-state index in [-0.39, 0.29) is 5.11 Å². The predicted octanol–water partition coefficient (Wildman–Crippen LogP) is 1.83. The number of carbonyl (C=O) groups is 2. The van der Waals surface area contributed by atoms with E-state index in [2.05, 4.69) is 10.6 Å². The number of amides is 1. The Kier molecular flexibility index (Phi) is 4.26. The molecule has 3 rings (SSSR count). The van der Waals surface area contributed by atoms with E-state index in [1.54, 1.807) is 45.0 Å². The van der Waals surface area contributed by atoms with Crippen molar-refractivity contribution in [3.05, 3.63) is 36.0 Å². The molecule has 25 heavy (non-hydrogen) atoms. The number of fused-ring (bicyclic) bond motifs is 1. The third-order valence-corrected chi connectivity index (χ3v) is 3.99. The Morgan fingerprint density at radius 2 is 2.04 bits per heavy atom. The van der Waals surface area contributed by atoms with Gasteiger partial charge in [0.05, 0.1) is 5.52 Å². The Morgan fingerprint density at radius 1 is 1.36 bits per heavy atom. The van der Waals surface area contributed by atoms with Crippen molar-refractivity contribution in [2.45, 2.75) is 38.5 Å². The van der Waals surface area contributed by atoms with Crippen LogP contribution in [-0.4, -0.2) is 38.4 Å². The number of carbonyl (C=O) groups excluding carboxylic acids is 2. The zero-order chi connectivity index (χ0) is 18.4. The quantitative estimate of drug-likeness (QED) is 0.707. The lowest BCUT2D eigenvalue weighted by Gasteiger charge is -2.19. The maximum Gasteiger partial charge on any atom is 0.419 e. The standard InChI is InChI=1S/C17H19N3O4S/c1-17(2,3)24-16(23)20-8-10(9-6-4-5-7-11(9)20)13(21)12-14(22)19-15(25)18-12/h4-8,12-13,21H,1-3H3,(H2,18,19,22,25). The van der Waals surface area contributed by atoms with Gasteiger partial charge in [-0.05, 0) is 39.1 Å². The average molecular weight is 361 g/mol. The molecule has 1 amide bonds. The van der Waals surface area contributed by atoms with E-state index >= 15 is 0 Å². The van der Waals surface area contributed by atoms with Crippen molar-refractivity contribution in [3.8, 4) is 0 Å². The molecular weight excluding hydrogens is 342 g/mol. The summed E-state index contributed by atoms with van der Waals surface area (Å²) < 4.78 is 6.75. The highest BCUT2D eigenvalue weighted by Gasteiger charge is 2.36. The van der Waals surface area contributed by atoms with Gasteiger partial charge in [-0.1, -0.05) is 18.2 Å². The van der Waals surface area contributed by atoms with Gasteiger partial charge in [-0.25, -0.2) is 4.79 Å². The summed E-state index contributed by atoms with van der Waals surface area (Å²) in [5, 5.41) is 16.7. The Bertz CT molecular complexity index is 868. The molecule has 1 saturated heterocycles. The maximum atomic E-state index is 12.5. The van der Waals surface area contributed by atoms with E-state index in [4.69, 9.17) is 17.0 Å². The summed E-state index contributed by atoms with van der Waals surface area (Å²) in [5.74, 6) is -0.411. The van der Waals surface area contributed by atoms with Crippen LogP contribution in [-0.2, 0) is 9.53 Å². The van der Waals surface area contributed by atoms with Gasteiger partial charge in [0, 0.05) is 17.1 Å². The Hall–Kier alpha value is -2.45. The number of benzene rings is 1. The van der Waals surface area contributed by atoms with Gasteiger partial charge >= 0.3 is 6.09 Å². The maximum absolute atomic E-state index is 12.5. The molecule has 2 atom stereocenters. The highest BCUT2D eigenvalue weighted by molar-refractivity contribution is 7.80. The van der Waals surface area contributed by atoms with Crippen LogP contribution in [0.25, 0.3) is 10.9 Å². The van der Waals surface area contributed by atoms with Gasteiger partial charge in [-0.15, -0.1) is 0 Å². The number of para-hydroxylation sites is 1. The van der Waals surface area contributed by atoms with Crippen LogP contribution in [0.2, 0.25) is 0 Å². The van der Waals surface area contributed by atoms with Crippen molar-refractivity contribution in [2.75, 3.05) is 0 Å². The number of hydrogen-bond acceptors (Lipinski definition) is 5. The molecule has 2 unspecified atom stereocenters. The second kappa shape index (κ2) is 6.12. The zero-order valence-electron chi connectivity index (χ0n) is 14.1. The van der Waals surface area contributed by atoms with Gasteiger partial charge < -0.3 is 20.5 Å². The highest BCUT2D eigenvalue weighted by Crippen LogP contribution is 2.30. The van der Waals surface area contributed by atoms with Crippen molar-refractivity contribution in [2.24, 2.45) is 0 Å². The largest absolute Gasteiger partial charge is 0.443 e. The van der Waals surface area contributed by atoms with Crippen molar-refractivity contribution in [1.82, 2.24) is 15.2 Å². The van der Waals surface area contributed by atoms with E-state index < -0.39 is 29.7 Å². The van der Waals surface area contributed by atoms with E-state index in [1.807, 2.05) is 0 Å². The summed E-state index contributed by atoms with van der Waals surface area (Å²) in [6, 6.07) is 6.20. The number of thiocarbonyl (C=S) groups is 1. The van der Waals surface area contributed by atoms with Crippen molar-refractivity contribution >= 4 is 40.2 Å². The van der Waals surface area contributed by atoms with E-state index in [0.29, 0.717) is 16.5 Å². The molecule has 1 aromatic heterocycles. The molecule has 2 heterocycles. The minimum Gasteiger partial charge on any atom is -0.443 e. The fourth-order valence-electron chi connectivity index (χ4n) is 2.74. The van der Waals surface area contributed by atoms with E-state index in [1.165, 1.54) is 10.8 Å². The summed E-state index contributed by atoms with van der Waals surface area (Å²) >= 11 is 4.91. The van der Waals surface area contributed by atoms with Crippen molar-refractivity contribution in [3.63, 3.8) is 0 Å². The minimum absolute atomic E-state index is 0.171. The number of aliphatic hydroxyl groups is 1. The predicted molar refractivity (Wildman–Crippen MR) is 96.2 cm³/mol. The molecular formula is C17H19N3O4S. The molecule has 0 radical (unpaired) electrons. The molecule has 1 fully saturated rings. The molecule has 2 aromatic rings. The van der Waals surface area contributed by atoms with Crippen LogP contribution in [0.5, 0.6) is 0 Å². The summed E-state index contributed by atoms with van der Waals surface area (Å²) in [5.41, 5.74) is 0.380. The minimum atomic E-state index is -1.17. The first kappa shape index (κ1) is 17.4. The molecule has 0 spiro atoms. The average Bonchev–Trinajstić information content (AvgIpc) is 3.05. The molecule has 1 aromatic carbocycles. The first-order valence-electron chi connectivity index (χ1n) is 7.80. The normalized spacial score (nSPS) is 18.8. The third kappa shape index (κ3) is 3.35. The highest BCUT2D eigenvalue weighted by atomic mass is 32.1. The molecule has 8 heteroatoms. The molecule has 132 valence electrons. The monoisotopic (exact) mass is 361 g/mol. The Labute approximate surface area is 150 Å². The zero-order valence-corrected chi connectivity index (χ0v) is 14.9. The van der Waals surface area contributed by atoms with Crippen LogP contribution in [0.1, 0.15) is 32.4 Å². The molecule has 1 aliphatic rings. The smallest absolute Gasteiger partial charge is 0.419 e. The number of aliphatic hydroxyl groups excluding tert-OH is 1. The van der Waals surface area contributed by atoms with E-state index in [9.17, 15) is 14.7 Å². The van der Waals surface area contributed by atoms with Crippen LogP contribution in [0.15, 0.2) is 30.5 Å². The first-order chi connectivity index (χ1) is 11.7. The fourth-order valence-corrected chi connectivity index (χ4v) is 2.97. The van der Waals surface area contributed by atoms with Gasteiger partial charge in [-0.3, -0.25) is 9.36 Å². The lowest BCUT2D eigenvalue weighted by molar-refractivity contribution is -0.122. The fraction of sp³-hybridized carbons (Fsp3) is 0.353. The second-order valence-corrected chi connectivity index (χ2v) is 7.25. The topological polar surface area (TPSA) is 92.6 Å². The number of hydrogen-bond donors (Lipinski definition) is 3. The number of nitrogens with zero attached hydrogens (tertiary/aromatic N) is 1. The lowest BCUT2D eigenvalue weighted by atomic mass is 10.0. The van der Waals surface area contributed by atoms with Crippen LogP contribution < -0.4 is 10.6 Å². The van der Waals surface area contributed by atoms with Crippen LogP contribution in [0.3, 0.4) is 0 Å². The summed E-state index contributed by atoms with van der Waals surface area (Å²) in [7, 11) is 0. The number of aromatic nitrogens is 1. The number of rotatable bonds is 2. The molecule has 0 bridgehead atoms. The van der Waals surface area contributed by atoms with Gasteiger partial charge in [0.25, 0.3) is 5.91 Å². The lowest BCUT2D eigenvalue weighted by Crippen LogP contribution is -2.35. The van der Waals surface area contributed by atoms with Gasteiger partial charge in [0.15, 0.2) is 5.11 Å². The summed E-state index contributed by atoms with van der Waals surface area (Å²) in [4.78, 5) is 24.4. The van der Waals surface area contributed by atoms with Crippen LogP contribution >= 0.6 is 12.2 Å². The summed E-state index contributed by atoms with van der Waals surface area (Å²) in [6.45, 7) is 5.33. The van der Waals surface area contributed by atoms with Gasteiger partial charge in [0.2, 0.25) is 0 Å². The van der Waals surface area contributed by atoms with Crippen molar-refractivity contribution in [1.29, 1.82) is 0 Å². The van der Waals surface area contributed by atoms with Crippen LogP contribution in [0, 0.1) is 0 Å². The summed E-state index contributed by atoms with van der Waals surface area (Å²) in [6.07, 6.45) is -0.227. The molecule has 1 aliphatic heterocycles. The Balaban J connectivity index is 2.03. The van der Waals surface area contributed by atoms with Gasteiger partial charge in [0.1, 0.15) is 17.7 Å². The molecule has 0 saturated carbocycles. The molecule has 3 N–H and O–H groups in total. The van der Waals surface area contributed by atoms with Gasteiger partial charge in [-0.2, -0.15) is 0 Å². The Morgan fingerprint density at radius 3 is 2.64 bits per heavy atom.